The molecule has 0 radical (unpaired) electrons. The van der Waals surface area contributed by atoms with E-state index in [2.05, 4.69) is 52.7 Å². The van der Waals surface area contributed by atoms with Crippen LogP contribution in [0.25, 0.3) is 0 Å². The third-order valence-electron chi connectivity index (χ3n) is 3.94. The maximum atomic E-state index is 5.93. The predicted octanol–water partition coefficient (Wildman–Crippen LogP) is 2.42. The Bertz CT molecular complexity index is 547. The van der Waals surface area contributed by atoms with Crippen molar-refractivity contribution in [1.82, 2.24) is 15.5 Å². The predicted molar refractivity (Wildman–Crippen MR) is 109 cm³/mol. The zero-order chi connectivity index (χ0) is 19.4. The van der Waals surface area contributed by atoms with E-state index in [0.717, 1.165) is 49.9 Å². The van der Waals surface area contributed by atoms with Crippen molar-refractivity contribution in [2.24, 2.45) is 4.99 Å². The number of nitrogens with zero attached hydrogens (tertiary/aromatic N) is 2. The first-order chi connectivity index (χ1) is 12.5. The Labute approximate surface area is 159 Å². The van der Waals surface area contributed by atoms with Gasteiger partial charge in [-0.3, -0.25) is 4.99 Å². The molecule has 0 amide bonds. The van der Waals surface area contributed by atoms with Crippen LogP contribution < -0.4 is 15.4 Å². The minimum absolute atomic E-state index is 0.156. The summed E-state index contributed by atoms with van der Waals surface area (Å²) >= 11 is 0. The third-order valence-corrected chi connectivity index (χ3v) is 3.94. The van der Waals surface area contributed by atoms with Crippen LogP contribution in [0.5, 0.6) is 5.75 Å². The Balaban J connectivity index is 2.42. The van der Waals surface area contributed by atoms with Crippen molar-refractivity contribution in [2.45, 2.75) is 39.8 Å². The van der Waals surface area contributed by atoms with Crippen LogP contribution in [-0.2, 0) is 11.3 Å². The van der Waals surface area contributed by atoms with Gasteiger partial charge in [0.25, 0.3) is 0 Å². The molecule has 0 bridgehead atoms. The van der Waals surface area contributed by atoms with Gasteiger partial charge in [-0.25, -0.2) is 0 Å². The lowest BCUT2D eigenvalue weighted by Gasteiger charge is -2.18. The summed E-state index contributed by atoms with van der Waals surface area (Å²) in [7, 11) is 5.64. The Morgan fingerprint density at radius 3 is 2.65 bits per heavy atom. The molecular weight excluding hydrogens is 328 g/mol. The molecule has 0 aliphatic carbocycles. The van der Waals surface area contributed by atoms with Crippen LogP contribution in [0.2, 0.25) is 0 Å². The highest BCUT2D eigenvalue weighted by molar-refractivity contribution is 5.79. The number of likely N-dealkylation sites (N-methyl/N-ethyl adjacent to an activating group) is 1. The number of guanidine groups is 1. The van der Waals surface area contributed by atoms with Gasteiger partial charge in [0.2, 0.25) is 0 Å². The van der Waals surface area contributed by atoms with Crippen molar-refractivity contribution in [2.75, 3.05) is 47.4 Å². The second-order valence-corrected chi connectivity index (χ2v) is 6.78. The van der Waals surface area contributed by atoms with Gasteiger partial charge in [-0.15, -0.1) is 0 Å². The van der Waals surface area contributed by atoms with Crippen molar-refractivity contribution in [3.63, 3.8) is 0 Å². The summed E-state index contributed by atoms with van der Waals surface area (Å²) in [5.41, 5.74) is 2.33. The van der Waals surface area contributed by atoms with Gasteiger partial charge in [0.05, 0.1) is 12.7 Å². The van der Waals surface area contributed by atoms with Crippen LogP contribution in [-0.4, -0.2) is 64.4 Å². The molecule has 26 heavy (non-hydrogen) atoms. The molecule has 0 saturated carbocycles. The zero-order valence-electron chi connectivity index (χ0n) is 17.3. The van der Waals surface area contributed by atoms with E-state index in [1.807, 2.05) is 13.8 Å². The highest BCUT2D eigenvalue weighted by Crippen LogP contribution is 2.21. The summed E-state index contributed by atoms with van der Waals surface area (Å²) < 4.78 is 11.0. The molecule has 0 aliphatic heterocycles. The van der Waals surface area contributed by atoms with E-state index < -0.39 is 0 Å². The SMILES string of the molecule is CN=C(NCCCN(C)CCOC)NCc1ccc(C)cc1OC(C)C. The van der Waals surface area contributed by atoms with Gasteiger partial charge in [-0.05, 0) is 52.4 Å². The van der Waals surface area contributed by atoms with Gasteiger partial charge in [0.1, 0.15) is 5.75 Å². The molecule has 0 saturated heterocycles. The molecule has 0 spiro atoms. The van der Waals surface area contributed by atoms with Crippen molar-refractivity contribution in [3.05, 3.63) is 29.3 Å². The summed E-state index contributed by atoms with van der Waals surface area (Å²) in [5.74, 6) is 1.74. The Kier molecular flexibility index (Phi) is 10.7. The number of ether oxygens (including phenoxy) is 2. The molecule has 0 unspecified atom stereocenters. The minimum atomic E-state index is 0.156. The van der Waals surface area contributed by atoms with Crippen molar-refractivity contribution in [1.29, 1.82) is 0 Å². The van der Waals surface area contributed by atoms with E-state index in [0.29, 0.717) is 6.54 Å². The molecule has 0 aromatic heterocycles. The van der Waals surface area contributed by atoms with Crippen LogP contribution in [0.3, 0.4) is 0 Å². The lowest BCUT2D eigenvalue weighted by atomic mass is 10.1. The fourth-order valence-corrected chi connectivity index (χ4v) is 2.49. The topological polar surface area (TPSA) is 58.1 Å². The molecule has 0 aliphatic rings. The molecule has 0 heterocycles. The van der Waals surface area contributed by atoms with Crippen LogP contribution >= 0.6 is 0 Å². The first kappa shape index (κ1) is 22.3. The Hall–Kier alpha value is -1.79. The van der Waals surface area contributed by atoms with Gasteiger partial charge in [0, 0.05) is 39.4 Å². The number of hydrogen-bond acceptors (Lipinski definition) is 4. The van der Waals surface area contributed by atoms with Gasteiger partial charge in [0.15, 0.2) is 5.96 Å². The first-order valence-corrected chi connectivity index (χ1v) is 9.34. The number of hydrogen-bond donors (Lipinski definition) is 2. The Morgan fingerprint density at radius 1 is 1.23 bits per heavy atom. The second kappa shape index (κ2) is 12.5. The molecule has 2 N–H and O–H groups in total. The smallest absolute Gasteiger partial charge is 0.191 e. The first-order valence-electron chi connectivity index (χ1n) is 9.34. The minimum Gasteiger partial charge on any atom is -0.491 e. The van der Waals surface area contributed by atoms with Crippen LogP contribution in [0.4, 0.5) is 0 Å². The molecule has 1 rings (SSSR count). The fourth-order valence-electron chi connectivity index (χ4n) is 2.49. The van der Waals surface area contributed by atoms with E-state index in [-0.39, 0.29) is 6.10 Å². The maximum absolute atomic E-state index is 5.93. The van der Waals surface area contributed by atoms with Crippen molar-refractivity contribution in [3.8, 4) is 5.75 Å². The summed E-state index contributed by atoms with van der Waals surface area (Å²) in [6.45, 7) is 10.5. The summed E-state index contributed by atoms with van der Waals surface area (Å²) in [6.07, 6.45) is 1.20. The fraction of sp³-hybridized carbons (Fsp3) is 0.650. The van der Waals surface area contributed by atoms with Gasteiger partial charge in [-0.2, -0.15) is 0 Å². The zero-order valence-corrected chi connectivity index (χ0v) is 17.3. The van der Waals surface area contributed by atoms with Crippen molar-refractivity contribution >= 4 is 5.96 Å². The number of rotatable bonds is 11. The van der Waals surface area contributed by atoms with E-state index in [4.69, 9.17) is 9.47 Å². The largest absolute Gasteiger partial charge is 0.491 e. The molecule has 6 heteroatoms. The van der Waals surface area contributed by atoms with Crippen LogP contribution in [0.15, 0.2) is 23.2 Å². The molecule has 148 valence electrons. The lowest BCUT2D eigenvalue weighted by molar-refractivity contribution is 0.161. The molecular formula is C20H36N4O2. The molecule has 1 aromatic carbocycles. The summed E-state index contributed by atoms with van der Waals surface area (Å²) in [5, 5.41) is 6.73. The van der Waals surface area contributed by atoms with Crippen molar-refractivity contribution < 1.29 is 9.47 Å². The number of benzene rings is 1. The quantitative estimate of drug-likeness (QED) is 0.359. The monoisotopic (exact) mass is 364 g/mol. The highest BCUT2D eigenvalue weighted by atomic mass is 16.5. The molecule has 1 aromatic rings. The van der Waals surface area contributed by atoms with E-state index in [1.54, 1.807) is 14.2 Å². The number of aryl methyl sites for hydroxylation is 1. The second-order valence-electron chi connectivity index (χ2n) is 6.78. The van der Waals surface area contributed by atoms with Gasteiger partial charge < -0.3 is 25.0 Å². The number of nitrogens with one attached hydrogen (secondary N) is 2. The standard InChI is InChI=1S/C20H36N4O2/c1-16(2)26-19-14-17(3)8-9-18(19)15-23-20(21-4)22-10-7-11-24(5)12-13-25-6/h8-9,14,16H,7,10-13,15H2,1-6H3,(H2,21,22,23). The van der Waals surface area contributed by atoms with Gasteiger partial charge >= 0.3 is 0 Å². The normalized spacial score (nSPS) is 11.9. The lowest BCUT2D eigenvalue weighted by Crippen LogP contribution is -2.38. The molecule has 0 fully saturated rings. The van der Waals surface area contributed by atoms with E-state index >= 15 is 0 Å². The Morgan fingerprint density at radius 2 is 2.00 bits per heavy atom. The van der Waals surface area contributed by atoms with Crippen LogP contribution in [0.1, 0.15) is 31.4 Å². The highest BCUT2D eigenvalue weighted by Gasteiger charge is 2.07. The molecule has 0 atom stereocenters. The van der Waals surface area contributed by atoms with E-state index in [9.17, 15) is 0 Å². The average Bonchev–Trinajstić information content (AvgIpc) is 2.60. The summed E-state index contributed by atoms with van der Waals surface area (Å²) in [4.78, 5) is 6.56. The van der Waals surface area contributed by atoms with Crippen LogP contribution in [0, 0.1) is 6.92 Å². The third kappa shape index (κ3) is 9.06. The number of aliphatic imine (C=N–C) groups is 1. The average molecular weight is 365 g/mol. The molecule has 6 nitrogen and oxygen atoms in total. The van der Waals surface area contributed by atoms with Gasteiger partial charge in [-0.1, -0.05) is 12.1 Å². The maximum Gasteiger partial charge on any atom is 0.191 e. The summed E-state index contributed by atoms with van der Waals surface area (Å²) in [6, 6.07) is 6.30. The van der Waals surface area contributed by atoms with E-state index in [1.165, 1.54) is 5.56 Å². The number of methoxy groups -OCH3 is 1.